The predicted octanol–water partition coefficient (Wildman–Crippen LogP) is 2.60. The topological polar surface area (TPSA) is 78.8 Å². The molecule has 0 saturated carbocycles. The van der Waals surface area contributed by atoms with Crippen molar-refractivity contribution in [3.05, 3.63) is 59.3 Å². The summed E-state index contributed by atoms with van der Waals surface area (Å²) in [5, 5.41) is 2.74. The number of fused-ring (bicyclic) bond motifs is 1. The zero-order chi connectivity index (χ0) is 21.4. The van der Waals surface area contributed by atoms with Crippen molar-refractivity contribution in [3.8, 4) is 0 Å². The number of carbonyl (C=O) groups is 1. The summed E-state index contributed by atoms with van der Waals surface area (Å²) in [6, 6.07) is 5.04. The molecular weight excluding hydrogens is 407 g/mol. The minimum absolute atomic E-state index is 0.119. The summed E-state index contributed by atoms with van der Waals surface area (Å²) >= 11 is 0. The maximum Gasteiger partial charge on any atom is 0.416 e. The number of amides is 1. The number of carbonyl (C=O) groups excluding carboxylic acids is 1. The molecule has 0 bridgehead atoms. The molecule has 29 heavy (non-hydrogen) atoms. The van der Waals surface area contributed by atoms with E-state index in [1.807, 2.05) is 0 Å². The zero-order valence-corrected chi connectivity index (χ0v) is 16.6. The maximum absolute atomic E-state index is 13.0. The van der Waals surface area contributed by atoms with Gasteiger partial charge in [0.05, 0.1) is 16.9 Å². The Morgan fingerprint density at radius 3 is 2.59 bits per heavy atom. The first kappa shape index (κ1) is 21.1. The van der Waals surface area contributed by atoms with E-state index in [-0.39, 0.29) is 24.7 Å². The van der Waals surface area contributed by atoms with Crippen molar-refractivity contribution in [3.63, 3.8) is 0 Å². The number of sulfonamides is 1. The molecule has 0 aliphatic carbocycles. The van der Waals surface area contributed by atoms with Crippen molar-refractivity contribution in [1.82, 2.24) is 10.2 Å². The molecule has 3 rings (SSSR count). The van der Waals surface area contributed by atoms with E-state index >= 15 is 0 Å². The van der Waals surface area contributed by atoms with Crippen LogP contribution in [0.25, 0.3) is 0 Å². The molecule has 2 aliphatic rings. The molecule has 1 aromatic rings. The summed E-state index contributed by atoms with van der Waals surface area (Å²) < 4.78 is 65.6. The SMILES string of the molecule is CC(C)(CNC(=O)C1=CN2CCS(=O)(=O)N=C2C=C1)c1cccc(C(F)(F)F)c1. The van der Waals surface area contributed by atoms with Gasteiger partial charge in [-0.1, -0.05) is 32.0 Å². The van der Waals surface area contributed by atoms with Crippen molar-refractivity contribution in [2.75, 3.05) is 18.8 Å². The van der Waals surface area contributed by atoms with Crippen molar-refractivity contribution < 1.29 is 26.4 Å². The third-order valence-electron chi connectivity index (χ3n) is 4.75. The normalized spacial score (nSPS) is 18.6. The summed E-state index contributed by atoms with van der Waals surface area (Å²) in [5.74, 6) is -0.302. The van der Waals surface area contributed by atoms with E-state index in [4.69, 9.17) is 0 Å². The predicted molar refractivity (Wildman–Crippen MR) is 103 cm³/mol. The Kier molecular flexibility index (Phi) is 5.33. The molecule has 6 nitrogen and oxygen atoms in total. The summed E-state index contributed by atoms with van der Waals surface area (Å²) in [6.07, 6.45) is -0.0132. The van der Waals surface area contributed by atoms with Gasteiger partial charge in [0.15, 0.2) is 0 Å². The van der Waals surface area contributed by atoms with Gasteiger partial charge in [0.2, 0.25) is 0 Å². The molecule has 1 N–H and O–H groups in total. The third kappa shape index (κ3) is 4.87. The molecular formula is C19H20F3N3O3S. The molecule has 1 aromatic carbocycles. The van der Waals surface area contributed by atoms with Crippen molar-refractivity contribution in [1.29, 1.82) is 0 Å². The lowest BCUT2D eigenvalue weighted by atomic mass is 9.83. The molecule has 0 spiro atoms. The third-order valence-corrected chi connectivity index (χ3v) is 5.91. The van der Waals surface area contributed by atoms with E-state index in [0.717, 1.165) is 12.1 Å². The molecule has 1 amide bonds. The second-order valence-electron chi connectivity index (χ2n) is 7.49. The van der Waals surface area contributed by atoms with Gasteiger partial charge < -0.3 is 10.2 Å². The lowest BCUT2D eigenvalue weighted by Gasteiger charge is -2.28. The van der Waals surface area contributed by atoms with Gasteiger partial charge in [-0.3, -0.25) is 4.79 Å². The molecule has 10 heteroatoms. The van der Waals surface area contributed by atoms with Crippen LogP contribution in [0.1, 0.15) is 25.0 Å². The number of benzene rings is 1. The van der Waals surface area contributed by atoms with Gasteiger partial charge in [-0.15, -0.1) is 4.40 Å². The fourth-order valence-corrected chi connectivity index (χ4v) is 3.93. The van der Waals surface area contributed by atoms with Crippen LogP contribution in [0.2, 0.25) is 0 Å². The number of hydrogen-bond acceptors (Lipinski definition) is 4. The highest BCUT2D eigenvalue weighted by molar-refractivity contribution is 7.90. The number of halogens is 3. The average molecular weight is 427 g/mol. The van der Waals surface area contributed by atoms with E-state index in [1.165, 1.54) is 24.4 Å². The first-order chi connectivity index (χ1) is 13.4. The Balaban J connectivity index is 1.69. The Bertz CT molecular complexity index is 1020. The Morgan fingerprint density at radius 2 is 1.90 bits per heavy atom. The van der Waals surface area contributed by atoms with E-state index in [0.29, 0.717) is 11.1 Å². The molecule has 0 aromatic heterocycles. The highest BCUT2D eigenvalue weighted by atomic mass is 32.2. The van der Waals surface area contributed by atoms with Crippen LogP contribution in [0.15, 0.2) is 52.6 Å². The molecule has 0 saturated heterocycles. The summed E-state index contributed by atoms with van der Waals surface area (Å²) in [4.78, 5) is 14.1. The van der Waals surface area contributed by atoms with E-state index in [1.54, 1.807) is 24.8 Å². The van der Waals surface area contributed by atoms with Gasteiger partial charge in [0, 0.05) is 24.7 Å². The molecule has 2 aliphatic heterocycles. The molecule has 0 unspecified atom stereocenters. The van der Waals surface area contributed by atoms with Crippen LogP contribution in [-0.4, -0.2) is 43.9 Å². The Hall–Kier alpha value is -2.62. The molecule has 2 heterocycles. The summed E-state index contributed by atoms with van der Waals surface area (Å²) in [5.41, 5.74) is -0.708. The van der Waals surface area contributed by atoms with Crippen LogP contribution in [-0.2, 0) is 26.4 Å². The van der Waals surface area contributed by atoms with Crippen LogP contribution >= 0.6 is 0 Å². The first-order valence-corrected chi connectivity index (χ1v) is 10.4. The first-order valence-electron chi connectivity index (χ1n) is 8.83. The number of nitrogens with one attached hydrogen (secondary N) is 1. The quantitative estimate of drug-likeness (QED) is 0.801. The number of rotatable bonds is 4. The number of alkyl halides is 3. The van der Waals surface area contributed by atoms with E-state index < -0.39 is 33.1 Å². The monoisotopic (exact) mass is 427 g/mol. The van der Waals surface area contributed by atoms with Gasteiger partial charge in [-0.25, -0.2) is 8.42 Å². The van der Waals surface area contributed by atoms with Gasteiger partial charge in [-0.2, -0.15) is 13.2 Å². The Morgan fingerprint density at radius 1 is 1.21 bits per heavy atom. The smallest absolute Gasteiger partial charge is 0.351 e. The molecule has 0 fully saturated rings. The molecule has 156 valence electrons. The lowest BCUT2D eigenvalue weighted by Crippen LogP contribution is -2.40. The van der Waals surface area contributed by atoms with Gasteiger partial charge in [0.25, 0.3) is 15.9 Å². The Labute approximate surface area is 166 Å². The largest absolute Gasteiger partial charge is 0.416 e. The number of hydrogen-bond donors (Lipinski definition) is 1. The molecule has 0 radical (unpaired) electrons. The minimum Gasteiger partial charge on any atom is -0.351 e. The highest BCUT2D eigenvalue weighted by Crippen LogP contribution is 2.32. The lowest BCUT2D eigenvalue weighted by molar-refractivity contribution is -0.137. The van der Waals surface area contributed by atoms with Gasteiger partial charge in [0.1, 0.15) is 5.84 Å². The standard InChI is InChI=1S/C19H20F3N3O3S/c1-18(2,14-4-3-5-15(10-14)19(20,21)22)12-23-17(26)13-6-7-16-24-29(27,28)9-8-25(16)11-13/h3-7,10-11H,8-9,12H2,1-2H3,(H,23,26). The number of amidine groups is 1. The highest BCUT2D eigenvalue weighted by Gasteiger charge is 2.32. The van der Waals surface area contributed by atoms with Crippen LogP contribution in [0, 0.1) is 0 Å². The fraction of sp³-hybridized carbons (Fsp3) is 0.368. The fourth-order valence-electron chi connectivity index (χ4n) is 2.96. The van der Waals surface area contributed by atoms with Gasteiger partial charge >= 0.3 is 6.18 Å². The van der Waals surface area contributed by atoms with Crippen molar-refractivity contribution in [2.24, 2.45) is 4.40 Å². The second-order valence-corrected chi connectivity index (χ2v) is 9.25. The number of nitrogens with zero attached hydrogens (tertiary/aromatic N) is 2. The van der Waals surface area contributed by atoms with Crippen LogP contribution in [0.4, 0.5) is 13.2 Å². The van der Waals surface area contributed by atoms with Crippen LogP contribution in [0.3, 0.4) is 0 Å². The van der Waals surface area contributed by atoms with E-state index in [2.05, 4.69) is 9.71 Å². The van der Waals surface area contributed by atoms with Gasteiger partial charge in [-0.05, 0) is 23.8 Å². The summed E-state index contributed by atoms with van der Waals surface area (Å²) in [7, 11) is -3.48. The van der Waals surface area contributed by atoms with Crippen LogP contribution in [0.5, 0.6) is 0 Å². The minimum atomic E-state index is -4.44. The summed E-state index contributed by atoms with van der Waals surface area (Å²) in [6.45, 7) is 3.80. The van der Waals surface area contributed by atoms with Crippen molar-refractivity contribution >= 4 is 21.8 Å². The average Bonchev–Trinajstić information content (AvgIpc) is 2.64. The van der Waals surface area contributed by atoms with Crippen LogP contribution < -0.4 is 5.32 Å². The second kappa shape index (κ2) is 7.33. The molecule has 0 atom stereocenters. The van der Waals surface area contributed by atoms with E-state index in [9.17, 15) is 26.4 Å². The maximum atomic E-state index is 13.0. The zero-order valence-electron chi connectivity index (χ0n) is 15.8. The van der Waals surface area contributed by atoms with Crippen molar-refractivity contribution in [2.45, 2.75) is 25.4 Å².